The molecule has 0 rings (SSSR count). The van der Waals surface area contributed by atoms with E-state index in [0.717, 1.165) is 0 Å². The van der Waals surface area contributed by atoms with Crippen molar-refractivity contribution in [3.8, 4) is 0 Å². The summed E-state index contributed by atoms with van der Waals surface area (Å²) in [5.41, 5.74) is 0. The van der Waals surface area contributed by atoms with Gasteiger partial charge in [0, 0.05) is 11.9 Å². The fourth-order valence-corrected chi connectivity index (χ4v) is 5.57. The number of unbranched alkanes of at least 4 members (excludes halogenated alkanes) is 13. The summed E-state index contributed by atoms with van der Waals surface area (Å²) in [6.45, 7) is 7.17. The second kappa shape index (κ2) is 23.2. The van der Waals surface area contributed by atoms with Crippen molar-refractivity contribution < 1.29 is 23.6 Å². The maximum Gasteiger partial charge on any atom is 0.469 e. The van der Waals surface area contributed by atoms with Gasteiger partial charge in [-0.05, 0) is 31.9 Å². The Kier molecular flexibility index (Phi) is 23.5. The molecule has 0 aliphatic heterocycles. The van der Waals surface area contributed by atoms with Gasteiger partial charge in [-0.15, -0.1) is 0 Å². The van der Waals surface area contributed by atoms with Crippen molar-refractivity contribution in [2.24, 2.45) is 0 Å². The van der Waals surface area contributed by atoms with Crippen LogP contribution in [0.3, 0.4) is 0 Å². The third-order valence-electron chi connectivity index (χ3n) is 5.87. The Balaban J connectivity index is 4.00. The van der Waals surface area contributed by atoms with Crippen LogP contribution in [0.5, 0.6) is 0 Å². The lowest BCUT2D eigenvalue weighted by Gasteiger charge is -2.24. The highest BCUT2D eigenvalue weighted by atomic mass is 32.2. The Morgan fingerprint density at radius 1 is 0.719 bits per heavy atom. The molecule has 32 heavy (non-hydrogen) atoms. The highest BCUT2D eigenvalue weighted by molar-refractivity contribution is 7.99. The molecule has 5 nitrogen and oxygen atoms in total. The van der Waals surface area contributed by atoms with Gasteiger partial charge in [0.05, 0.1) is 12.7 Å². The molecule has 0 radical (unpaired) electrons. The molecule has 0 fully saturated rings. The van der Waals surface area contributed by atoms with Gasteiger partial charge in [0.1, 0.15) is 0 Å². The number of thioether (sulfide) groups is 1. The zero-order valence-electron chi connectivity index (χ0n) is 21.3. The van der Waals surface area contributed by atoms with Gasteiger partial charge in [0.2, 0.25) is 0 Å². The Hall–Kier alpha value is 0.420. The van der Waals surface area contributed by atoms with Crippen molar-refractivity contribution in [2.45, 2.75) is 141 Å². The lowest BCUT2D eigenvalue weighted by atomic mass is 10.1. The maximum atomic E-state index is 10.7. The predicted octanol–water partition coefficient (Wildman–Crippen LogP) is 8.27. The van der Waals surface area contributed by atoms with Crippen LogP contribution in [0.4, 0.5) is 0 Å². The second-order valence-corrected chi connectivity index (χ2v) is 11.6. The molecule has 0 saturated heterocycles. The Morgan fingerprint density at radius 2 is 1.22 bits per heavy atom. The van der Waals surface area contributed by atoms with Crippen LogP contribution >= 0.6 is 19.6 Å². The molecule has 0 bridgehead atoms. The number of rotatable bonds is 25. The van der Waals surface area contributed by atoms with Gasteiger partial charge < -0.3 is 14.5 Å². The molecule has 0 aromatic carbocycles. The molecule has 0 saturated carbocycles. The van der Waals surface area contributed by atoms with E-state index in [2.05, 4.69) is 37.1 Å². The molecule has 0 aromatic rings. The fraction of sp³-hybridized carbons (Fsp3) is 1.00. The molecule has 2 atom stereocenters. The van der Waals surface area contributed by atoms with Crippen LogP contribution in [0, 0.1) is 0 Å². The van der Waals surface area contributed by atoms with Crippen molar-refractivity contribution in [3.63, 3.8) is 0 Å². The Morgan fingerprint density at radius 3 is 1.75 bits per heavy atom. The van der Waals surface area contributed by atoms with Crippen LogP contribution in [-0.2, 0) is 13.8 Å². The number of ether oxygens (including phenoxy) is 1. The summed E-state index contributed by atoms with van der Waals surface area (Å²) in [6.07, 6.45) is 22.0. The molecule has 0 spiro atoms. The summed E-state index contributed by atoms with van der Waals surface area (Å²) in [7, 11) is -4.37. The topological polar surface area (TPSA) is 76.0 Å². The molecule has 0 heterocycles. The highest BCUT2D eigenvalue weighted by Crippen LogP contribution is 2.35. The molecule has 1 unspecified atom stereocenters. The van der Waals surface area contributed by atoms with Crippen LogP contribution in [0.15, 0.2) is 0 Å². The smallest absolute Gasteiger partial charge is 0.377 e. The van der Waals surface area contributed by atoms with Gasteiger partial charge in [-0.25, -0.2) is 4.57 Å². The van der Waals surface area contributed by atoms with Gasteiger partial charge in [0.25, 0.3) is 0 Å². The first kappa shape index (κ1) is 32.4. The minimum atomic E-state index is -4.37. The Labute approximate surface area is 203 Å². The summed E-state index contributed by atoms with van der Waals surface area (Å²) >= 11 is 2.06. The number of hydrogen-bond donors (Lipinski definition) is 2. The summed E-state index contributed by atoms with van der Waals surface area (Å²) in [5.74, 6) is 1.20. The number of phosphoric ester groups is 1. The van der Waals surface area contributed by atoms with Crippen molar-refractivity contribution in [1.29, 1.82) is 0 Å². The van der Waals surface area contributed by atoms with Crippen molar-refractivity contribution in [3.05, 3.63) is 0 Å². The van der Waals surface area contributed by atoms with E-state index in [9.17, 15) is 4.57 Å². The average molecular weight is 497 g/mol. The third kappa shape index (κ3) is 23.6. The van der Waals surface area contributed by atoms with Gasteiger partial charge >= 0.3 is 7.82 Å². The van der Waals surface area contributed by atoms with E-state index in [1.165, 1.54) is 108 Å². The molecule has 0 aliphatic carbocycles. The van der Waals surface area contributed by atoms with E-state index in [1.807, 2.05) is 0 Å². The van der Waals surface area contributed by atoms with Gasteiger partial charge in [0.15, 0.2) is 0 Å². The summed E-state index contributed by atoms with van der Waals surface area (Å²) in [4.78, 5) is 17.5. The molecule has 7 heteroatoms. The lowest BCUT2D eigenvalue weighted by molar-refractivity contribution is 0.0521. The largest absolute Gasteiger partial charge is 0.469 e. The number of phosphoric acid groups is 1. The minimum Gasteiger partial charge on any atom is -0.377 e. The molecule has 0 amide bonds. The van der Waals surface area contributed by atoms with Gasteiger partial charge in [-0.3, -0.25) is 4.52 Å². The normalized spacial score (nSPS) is 14.0. The summed E-state index contributed by atoms with van der Waals surface area (Å²) in [6, 6.07) is 0. The van der Waals surface area contributed by atoms with Crippen LogP contribution in [0.25, 0.3) is 0 Å². The zero-order chi connectivity index (χ0) is 23.9. The molecule has 0 aromatic heterocycles. The molecule has 194 valence electrons. The SMILES string of the molecule is CCCCCCCCCCCCSC(CCCCCCC)[C@@H](C)OCCCOP(=O)(O)O. The predicted molar refractivity (Wildman–Crippen MR) is 139 cm³/mol. The van der Waals surface area contributed by atoms with Crippen LogP contribution in [0.1, 0.15) is 130 Å². The van der Waals surface area contributed by atoms with E-state index in [0.29, 0.717) is 18.3 Å². The Bertz CT molecular complexity index is 433. The third-order valence-corrected chi connectivity index (χ3v) is 7.96. The van der Waals surface area contributed by atoms with Crippen LogP contribution in [0.2, 0.25) is 0 Å². The monoisotopic (exact) mass is 496 g/mol. The van der Waals surface area contributed by atoms with Gasteiger partial charge in [-0.2, -0.15) is 11.8 Å². The van der Waals surface area contributed by atoms with Crippen molar-refractivity contribution in [1.82, 2.24) is 0 Å². The maximum absolute atomic E-state index is 10.7. The fourth-order valence-electron chi connectivity index (χ4n) is 3.85. The van der Waals surface area contributed by atoms with Gasteiger partial charge in [-0.1, -0.05) is 104 Å². The summed E-state index contributed by atoms with van der Waals surface area (Å²) < 4.78 is 21.2. The average Bonchev–Trinajstić information content (AvgIpc) is 2.74. The molecule has 2 N–H and O–H groups in total. The van der Waals surface area contributed by atoms with Crippen LogP contribution < -0.4 is 0 Å². The quantitative estimate of drug-likeness (QED) is 0.0978. The number of hydrogen-bond acceptors (Lipinski definition) is 4. The van der Waals surface area contributed by atoms with E-state index in [-0.39, 0.29) is 12.7 Å². The van der Waals surface area contributed by atoms with Crippen molar-refractivity contribution >= 4 is 19.6 Å². The standard InChI is InChI=1S/C25H53O5PS/c1-4-6-8-10-11-12-13-14-16-18-23-32-25(20-17-15-9-7-5-2)24(3)29-21-19-22-30-31(26,27)28/h24-25H,4-23H2,1-3H3,(H2,26,27,28)/t24-,25?/m1/s1. The molecule has 0 aliphatic rings. The first-order valence-corrected chi connectivity index (χ1v) is 15.9. The zero-order valence-corrected chi connectivity index (χ0v) is 23.0. The van der Waals surface area contributed by atoms with E-state index >= 15 is 0 Å². The second-order valence-electron chi connectivity index (χ2n) is 9.05. The highest BCUT2D eigenvalue weighted by Gasteiger charge is 2.18. The van der Waals surface area contributed by atoms with Crippen LogP contribution in [-0.4, -0.2) is 40.1 Å². The molecular formula is C25H53O5PS. The molecular weight excluding hydrogens is 443 g/mol. The lowest BCUT2D eigenvalue weighted by Crippen LogP contribution is -2.24. The first-order valence-electron chi connectivity index (χ1n) is 13.3. The van der Waals surface area contributed by atoms with Crippen molar-refractivity contribution in [2.75, 3.05) is 19.0 Å². The minimum absolute atomic E-state index is 0.0322. The first-order chi connectivity index (χ1) is 15.4. The summed E-state index contributed by atoms with van der Waals surface area (Å²) in [5, 5.41) is 0.498. The van der Waals surface area contributed by atoms with E-state index < -0.39 is 7.82 Å². The van der Waals surface area contributed by atoms with E-state index in [1.54, 1.807) is 0 Å². The van der Waals surface area contributed by atoms with E-state index in [4.69, 9.17) is 14.5 Å².